The molecule has 0 saturated carbocycles. The minimum Gasteiger partial charge on any atom is -0.295 e. The Morgan fingerprint density at radius 1 is 1.10 bits per heavy atom. The molecule has 0 spiro atoms. The number of nitrogens with zero attached hydrogens (tertiary/aromatic N) is 2. The van der Waals surface area contributed by atoms with E-state index in [2.05, 4.69) is 55.8 Å². The lowest BCUT2D eigenvalue weighted by Gasteiger charge is -2.18. The van der Waals surface area contributed by atoms with Crippen LogP contribution in [0.4, 0.5) is 0 Å². The first-order valence-electron chi connectivity index (χ1n) is 7.09. The molecule has 0 aliphatic carbocycles. The van der Waals surface area contributed by atoms with E-state index >= 15 is 0 Å². The molecule has 4 heteroatoms. The van der Waals surface area contributed by atoms with Crippen LogP contribution in [-0.4, -0.2) is 9.13 Å². The Hall–Kier alpha value is -1.81. The summed E-state index contributed by atoms with van der Waals surface area (Å²) in [5.74, 6) is 0. The van der Waals surface area contributed by atoms with E-state index in [1.807, 2.05) is 11.6 Å². The molecule has 21 heavy (non-hydrogen) atoms. The maximum atomic E-state index is 12.5. The molecular formula is C17H20N2OS. The zero-order valence-corrected chi connectivity index (χ0v) is 13.7. The Bertz CT molecular complexity index is 832. The van der Waals surface area contributed by atoms with Crippen molar-refractivity contribution in [2.45, 2.75) is 27.3 Å². The lowest BCUT2D eigenvalue weighted by atomic mass is 9.97. The van der Waals surface area contributed by atoms with E-state index < -0.39 is 0 Å². The van der Waals surface area contributed by atoms with Gasteiger partial charge in [-0.05, 0) is 45.5 Å². The van der Waals surface area contributed by atoms with Gasteiger partial charge >= 0.3 is 5.69 Å². The number of aryl methyl sites for hydroxylation is 1. The maximum Gasteiger partial charge on any atom is 0.328 e. The molecule has 0 saturated heterocycles. The quantitative estimate of drug-likeness (QED) is 0.699. The second kappa shape index (κ2) is 4.88. The van der Waals surface area contributed by atoms with Crippen molar-refractivity contribution in [1.82, 2.24) is 9.13 Å². The first-order valence-corrected chi connectivity index (χ1v) is 8.03. The highest BCUT2D eigenvalue weighted by Crippen LogP contribution is 2.27. The number of fused-ring (bicyclic) bond motifs is 1. The minimum absolute atomic E-state index is 0.0578. The highest BCUT2D eigenvalue weighted by Gasteiger charge is 2.17. The third-order valence-electron chi connectivity index (χ3n) is 3.63. The molecule has 3 aromatic rings. The number of imidazole rings is 1. The summed E-state index contributed by atoms with van der Waals surface area (Å²) in [6, 6.07) is 8.38. The van der Waals surface area contributed by atoms with Crippen LogP contribution in [0.25, 0.3) is 22.2 Å². The normalized spacial score (nSPS) is 12.2. The fourth-order valence-electron chi connectivity index (χ4n) is 2.64. The van der Waals surface area contributed by atoms with Gasteiger partial charge in [0.1, 0.15) is 0 Å². The molecular weight excluding hydrogens is 280 g/mol. The summed E-state index contributed by atoms with van der Waals surface area (Å²) in [4.78, 5) is 12.5. The van der Waals surface area contributed by atoms with E-state index in [0.29, 0.717) is 0 Å². The number of hydrogen-bond acceptors (Lipinski definition) is 2. The Morgan fingerprint density at radius 2 is 1.86 bits per heavy atom. The highest BCUT2D eigenvalue weighted by atomic mass is 32.1. The lowest BCUT2D eigenvalue weighted by molar-refractivity contribution is 0.342. The van der Waals surface area contributed by atoms with E-state index in [1.54, 1.807) is 15.9 Å². The van der Waals surface area contributed by atoms with Gasteiger partial charge in [0.2, 0.25) is 0 Å². The summed E-state index contributed by atoms with van der Waals surface area (Å²) in [6.45, 7) is 7.18. The minimum atomic E-state index is 0.0578. The standard InChI is InChI=1S/C17H20N2OS/c1-17(2,3)11-19-14-6-5-12(13-7-8-21-10-13)9-15(14)18(4)16(19)20/h5-10H,11H2,1-4H3. The Labute approximate surface area is 128 Å². The van der Waals surface area contributed by atoms with Gasteiger partial charge in [-0.1, -0.05) is 26.8 Å². The zero-order chi connectivity index (χ0) is 15.2. The number of thiophene rings is 1. The van der Waals surface area contributed by atoms with Crippen LogP contribution in [0.15, 0.2) is 39.8 Å². The summed E-state index contributed by atoms with van der Waals surface area (Å²) >= 11 is 1.69. The fraction of sp³-hybridized carbons (Fsp3) is 0.353. The summed E-state index contributed by atoms with van der Waals surface area (Å²) in [5.41, 5.74) is 4.50. The van der Waals surface area contributed by atoms with Gasteiger partial charge in [-0.15, -0.1) is 0 Å². The van der Waals surface area contributed by atoms with Crippen molar-refractivity contribution >= 4 is 22.4 Å². The molecule has 0 atom stereocenters. The summed E-state index contributed by atoms with van der Waals surface area (Å²) < 4.78 is 3.63. The lowest BCUT2D eigenvalue weighted by Crippen LogP contribution is -2.27. The van der Waals surface area contributed by atoms with E-state index in [4.69, 9.17) is 0 Å². The van der Waals surface area contributed by atoms with Crippen LogP contribution in [0.3, 0.4) is 0 Å². The van der Waals surface area contributed by atoms with Gasteiger partial charge in [-0.3, -0.25) is 9.13 Å². The zero-order valence-electron chi connectivity index (χ0n) is 12.9. The van der Waals surface area contributed by atoms with E-state index in [9.17, 15) is 4.79 Å². The maximum absolute atomic E-state index is 12.5. The molecule has 1 aromatic carbocycles. The van der Waals surface area contributed by atoms with Crippen LogP contribution >= 0.6 is 11.3 Å². The van der Waals surface area contributed by atoms with Crippen LogP contribution in [0.1, 0.15) is 20.8 Å². The molecule has 0 fully saturated rings. The van der Waals surface area contributed by atoms with Crippen molar-refractivity contribution in [3.63, 3.8) is 0 Å². The third-order valence-corrected chi connectivity index (χ3v) is 4.32. The van der Waals surface area contributed by atoms with Gasteiger partial charge in [-0.2, -0.15) is 11.3 Å². The molecule has 0 aliphatic heterocycles. The average Bonchev–Trinajstić information content (AvgIpc) is 3.01. The topological polar surface area (TPSA) is 26.9 Å². The predicted octanol–water partition coefficient (Wildman–Crippen LogP) is 4.11. The van der Waals surface area contributed by atoms with Gasteiger partial charge in [0, 0.05) is 13.6 Å². The van der Waals surface area contributed by atoms with Crippen LogP contribution in [0.5, 0.6) is 0 Å². The van der Waals surface area contributed by atoms with E-state index in [0.717, 1.165) is 23.1 Å². The number of rotatable bonds is 2. The first-order chi connectivity index (χ1) is 9.87. The SMILES string of the molecule is Cn1c(=O)n(CC(C)(C)C)c2ccc(-c3ccsc3)cc21. The van der Waals surface area contributed by atoms with E-state index in [1.165, 1.54) is 5.56 Å². The molecule has 3 nitrogen and oxygen atoms in total. The van der Waals surface area contributed by atoms with Gasteiger partial charge < -0.3 is 0 Å². The van der Waals surface area contributed by atoms with Crippen LogP contribution in [0, 0.1) is 5.41 Å². The van der Waals surface area contributed by atoms with Gasteiger partial charge in [-0.25, -0.2) is 4.79 Å². The van der Waals surface area contributed by atoms with Crippen molar-refractivity contribution < 1.29 is 0 Å². The van der Waals surface area contributed by atoms with Crippen molar-refractivity contribution in [3.8, 4) is 11.1 Å². The Balaban J connectivity index is 2.20. The molecule has 0 unspecified atom stereocenters. The van der Waals surface area contributed by atoms with Crippen LogP contribution in [-0.2, 0) is 13.6 Å². The predicted molar refractivity (Wildman–Crippen MR) is 89.9 cm³/mol. The average molecular weight is 300 g/mol. The summed E-state index contributed by atoms with van der Waals surface area (Å²) in [6.07, 6.45) is 0. The van der Waals surface area contributed by atoms with Crippen molar-refractivity contribution in [2.24, 2.45) is 12.5 Å². The van der Waals surface area contributed by atoms with Crippen molar-refractivity contribution in [2.75, 3.05) is 0 Å². The molecule has 2 aromatic heterocycles. The molecule has 0 radical (unpaired) electrons. The monoisotopic (exact) mass is 300 g/mol. The Morgan fingerprint density at radius 3 is 2.48 bits per heavy atom. The molecule has 3 rings (SSSR count). The molecule has 110 valence electrons. The molecule has 0 amide bonds. The number of benzene rings is 1. The van der Waals surface area contributed by atoms with Crippen LogP contribution in [0.2, 0.25) is 0 Å². The largest absolute Gasteiger partial charge is 0.328 e. The highest BCUT2D eigenvalue weighted by molar-refractivity contribution is 7.08. The van der Waals surface area contributed by atoms with E-state index in [-0.39, 0.29) is 11.1 Å². The second-order valence-electron chi connectivity index (χ2n) is 6.70. The molecule has 0 N–H and O–H groups in total. The Kier molecular flexibility index (Phi) is 3.29. The van der Waals surface area contributed by atoms with Gasteiger partial charge in [0.05, 0.1) is 11.0 Å². The van der Waals surface area contributed by atoms with Crippen molar-refractivity contribution in [1.29, 1.82) is 0 Å². The molecule has 2 heterocycles. The molecule has 0 aliphatic rings. The molecule has 0 bridgehead atoms. The van der Waals surface area contributed by atoms with Crippen LogP contribution < -0.4 is 5.69 Å². The van der Waals surface area contributed by atoms with Gasteiger partial charge in [0.25, 0.3) is 0 Å². The smallest absolute Gasteiger partial charge is 0.295 e. The van der Waals surface area contributed by atoms with Gasteiger partial charge in [0.15, 0.2) is 0 Å². The summed E-state index contributed by atoms with van der Waals surface area (Å²) in [5, 5.41) is 4.20. The van der Waals surface area contributed by atoms with Crippen molar-refractivity contribution in [3.05, 3.63) is 45.5 Å². The summed E-state index contributed by atoms with van der Waals surface area (Å²) in [7, 11) is 1.85. The number of aromatic nitrogens is 2. The number of hydrogen-bond donors (Lipinski definition) is 0. The fourth-order valence-corrected chi connectivity index (χ4v) is 3.31. The first kappa shape index (κ1) is 14.1. The third kappa shape index (κ3) is 2.56. The second-order valence-corrected chi connectivity index (χ2v) is 7.48.